The minimum absolute atomic E-state index is 0.536. The van der Waals surface area contributed by atoms with Gasteiger partial charge >= 0.3 is 0 Å². The largest absolute Gasteiger partial charge is 0.385 e. The van der Waals surface area contributed by atoms with Crippen LogP contribution in [-0.4, -0.2) is 22.3 Å². The van der Waals surface area contributed by atoms with E-state index < -0.39 is 11.7 Å². The van der Waals surface area contributed by atoms with Crippen molar-refractivity contribution in [2.45, 2.75) is 45.8 Å². The van der Waals surface area contributed by atoms with Crippen LogP contribution in [0.3, 0.4) is 0 Å². The Morgan fingerprint density at radius 3 is 2.56 bits per heavy atom. The van der Waals surface area contributed by atoms with Gasteiger partial charge < -0.3 is 9.84 Å². The van der Waals surface area contributed by atoms with Crippen LogP contribution in [0.25, 0.3) is 0 Å². The summed E-state index contributed by atoms with van der Waals surface area (Å²) in [5.41, 5.74) is 1.22. The van der Waals surface area contributed by atoms with Gasteiger partial charge in [0.05, 0.1) is 5.60 Å². The van der Waals surface area contributed by atoms with E-state index in [9.17, 15) is 5.11 Å². The maximum absolute atomic E-state index is 10.3. The second-order valence-corrected chi connectivity index (χ2v) is 4.23. The maximum atomic E-state index is 10.3. The van der Waals surface area contributed by atoms with E-state index in [4.69, 9.17) is 4.74 Å². The predicted octanol–water partition coefficient (Wildman–Crippen LogP) is 2.63. The van der Waals surface area contributed by atoms with E-state index in [1.807, 2.05) is 39.8 Å². The van der Waals surface area contributed by atoms with Crippen molar-refractivity contribution in [3.05, 3.63) is 29.6 Å². The van der Waals surface area contributed by atoms with Crippen LogP contribution in [0.1, 0.15) is 44.6 Å². The molecular weight excluding hydrogens is 202 g/mol. The first-order chi connectivity index (χ1) is 7.53. The number of nitrogens with zero attached hydrogens (tertiary/aromatic N) is 1. The maximum Gasteiger partial charge on any atom is 0.109 e. The number of rotatable bonds is 5. The average Bonchev–Trinajstić information content (AvgIpc) is 2.29. The lowest BCUT2D eigenvalue weighted by Crippen LogP contribution is -2.35. The summed E-state index contributed by atoms with van der Waals surface area (Å²) in [6.07, 6.45) is 1.84. The van der Waals surface area contributed by atoms with Gasteiger partial charge in [-0.15, -0.1) is 0 Å². The molecule has 2 unspecified atom stereocenters. The molecule has 3 nitrogen and oxygen atoms in total. The SMILES string of the molecule is CCOC(C)(CC)C(O)c1ccc(C)nc1. The summed E-state index contributed by atoms with van der Waals surface area (Å²) >= 11 is 0. The zero-order valence-corrected chi connectivity index (χ0v) is 10.5. The van der Waals surface area contributed by atoms with Crippen LogP contribution in [-0.2, 0) is 4.74 Å². The second kappa shape index (κ2) is 5.41. The molecule has 90 valence electrons. The predicted molar refractivity (Wildman–Crippen MR) is 64.3 cm³/mol. The van der Waals surface area contributed by atoms with Crippen molar-refractivity contribution >= 4 is 0 Å². The molecule has 0 aliphatic carbocycles. The molecule has 0 radical (unpaired) electrons. The Morgan fingerprint density at radius 2 is 2.12 bits per heavy atom. The fourth-order valence-electron chi connectivity index (χ4n) is 1.70. The lowest BCUT2D eigenvalue weighted by molar-refractivity contribution is -0.113. The zero-order valence-electron chi connectivity index (χ0n) is 10.5. The van der Waals surface area contributed by atoms with Gasteiger partial charge in [0.2, 0.25) is 0 Å². The number of aliphatic hydroxyl groups excluding tert-OH is 1. The first-order valence-electron chi connectivity index (χ1n) is 5.78. The van der Waals surface area contributed by atoms with Crippen LogP contribution in [0.4, 0.5) is 0 Å². The summed E-state index contributed by atoms with van der Waals surface area (Å²) < 4.78 is 5.65. The molecule has 0 aliphatic rings. The van der Waals surface area contributed by atoms with Crippen LogP contribution in [0.2, 0.25) is 0 Å². The van der Waals surface area contributed by atoms with E-state index in [0.717, 1.165) is 17.7 Å². The quantitative estimate of drug-likeness (QED) is 0.834. The Morgan fingerprint density at radius 1 is 1.44 bits per heavy atom. The van der Waals surface area contributed by atoms with Gasteiger partial charge in [-0.2, -0.15) is 0 Å². The third-order valence-corrected chi connectivity index (χ3v) is 3.00. The van der Waals surface area contributed by atoms with Crippen molar-refractivity contribution in [1.29, 1.82) is 0 Å². The van der Waals surface area contributed by atoms with Crippen molar-refractivity contribution < 1.29 is 9.84 Å². The molecule has 0 spiro atoms. The molecule has 0 saturated carbocycles. The van der Waals surface area contributed by atoms with E-state index in [2.05, 4.69) is 4.98 Å². The molecule has 1 aromatic rings. The summed E-state index contributed by atoms with van der Waals surface area (Å²) in [7, 11) is 0. The number of hydrogen-bond acceptors (Lipinski definition) is 3. The molecule has 1 rings (SSSR count). The standard InChI is InChI=1S/C13H21NO2/c1-5-13(4,16-6-2)12(15)11-8-7-10(3)14-9-11/h7-9,12,15H,5-6H2,1-4H3. The van der Waals surface area contributed by atoms with Crippen LogP contribution >= 0.6 is 0 Å². The highest BCUT2D eigenvalue weighted by atomic mass is 16.5. The molecule has 3 heteroatoms. The minimum atomic E-state index is -0.634. The Hall–Kier alpha value is -0.930. The van der Waals surface area contributed by atoms with E-state index in [1.165, 1.54) is 0 Å². The fraction of sp³-hybridized carbons (Fsp3) is 0.615. The van der Waals surface area contributed by atoms with Crippen molar-refractivity contribution in [3.63, 3.8) is 0 Å². The highest BCUT2D eigenvalue weighted by molar-refractivity contribution is 5.18. The first-order valence-corrected chi connectivity index (χ1v) is 5.78. The number of aliphatic hydroxyl groups is 1. The van der Waals surface area contributed by atoms with Gasteiger partial charge in [-0.3, -0.25) is 4.98 Å². The molecule has 16 heavy (non-hydrogen) atoms. The molecule has 0 aliphatic heterocycles. The normalized spacial score (nSPS) is 16.8. The van der Waals surface area contributed by atoms with Gasteiger partial charge in [-0.05, 0) is 33.3 Å². The van der Waals surface area contributed by atoms with E-state index >= 15 is 0 Å². The molecule has 0 saturated heterocycles. The van der Waals surface area contributed by atoms with Crippen molar-refractivity contribution in [2.24, 2.45) is 0 Å². The fourth-order valence-corrected chi connectivity index (χ4v) is 1.70. The molecule has 1 aromatic heterocycles. The first kappa shape index (κ1) is 13.1. The lowest BCUT2D eigenvalue weighted by atomic mass is 9.91. The van der Waals surface area contributed by atoms with Crippen LogP contribution in [0.5, 0.6) is 0 Å². The molecule has 2 atom stereocenters. The van der Waals surface area contributed by atoms with Gasteiger partial charge in [0.15, 0.2) is 0 Å². The van der Waals surface area contributed by atoms with Gasteiger partial charge in [0, 0.05) is 24.1 Å². The summed E-state index contributed by atoms with van der Waals surface area (Å²) in [5, 5.41) is 10.3. The Labute approximate surface area is 97.5 Å². The topological polar surface area (TPSA) is 42.4 Å². The summed E-state index contributed by atoms with van der Waals surface area (Å²) in [4.78, 5) is 4.19. The van der Waals surface area contributed by atoms with Crippen molar-refractivity contribution in [2.75, 3.05) is 6.61 Å². The van der Waals surface area contributed by atoms with Gasteiger partial charge in [0.25, 0.3) is 0 Å². The Bertz CT molecular complexity index is 323. The van der Waals surface area contributed by atoms with Crippen molar-refractivity contribution in [3.8, 4) is 0 Å². The molecule has 1 N–H and O–H groups in total. The van der Waals surface area contributed by atoms with Crippen LogP contribution in [0.15, 0.2) is 18.3 Å². The van der Waals surface area contributed by atoms with Gasteiger partial charge in [-0.1, -0.05) is 13.0 Å². The highest BCUT2D eigenvalue weighted by Gasteiger charge is 2.33. The number of aryl methyl sites for hydroxylation is 1. The molecule has 0 amide bonds. The smallest absolute Gasteiger partial charge is 0.109 e. The van der Waals surface area contributed by atoms with E-state index in [1.54, 1.807) is 6.20 Å². The number of ether oxygens (including phenoxy) is 1. The zero-order chi connectivity index (χ0) is 12.2. The van der Waals surface area contributed by atoms with Crippen molar-refractivity contribution in [1.82, 2.24) is 4.98 Å². The molecule has 0 aromatic carbocycles. The average molecular weight is 223 g/mol. The number of hydrogen-bond donors (Lipinski definition) is 1. The third-order valence-electron chi connectivity index (χ3n) is 3.00. The minimum Gasteiger partial charge on any atom is -0.385 e. The lowest BCUT2D eigenvalue weighted by Gasteiger charge is -2.33. The Kier molecular flexibility index (Phi) is 4.44. The van der Waals surface area contributed by atoms with E-state index in [0.29, 0.717) is 6.61 Å². The highest BCUT2D eigenvalue weighted by Crippen LogP contribution is 2.31. The van der Waals surface area contributed by atoms with Crippen LogP contribution in [0, 0.1) is 6.92 Å². The van der Waals surface area contributed by atoms with Gasteiger partial charge in [0.1, 0.15) is 6.10 Å². The molecule has 0 bridgehead atoms. The summed E-state index contributed by atoms with van der Waals surface area (Å²) in [5.74, 6) is 0. The second-order valence-electron chi connectivity index (χ2n) is 4.23. The molecular formula is C13H21NO2. The number of aromatic nitrogens is 1. The van der Waals surface area contributed by atoms with Crippen LogP contribution < -0.4 is 0 Å². The number of pyridine rings is 1. The molecule has 1 heterocycles. The molecule has 0 fully saturated rings. The monoisotopic (exact) mass is 223 g/mol. The summed E-state index contributed by atoms with van der Waals surface area (Å²) in [6.45, 7) is 8.41. The van der Waals surface area contributed by atoms with Gasteiger partial charge in [-0.25, -0.2) is 0 Å². The summed E-state index contributed by atoms with van der Waals surface area (Å²) in [6, 6.07) is 3.81. The Balaban J connectivity index is 2.90. The van der Waals surface area contributed by atoms with E-state index in [-0.39, 0.29) is 0 Å². The third kappa shape index (κ3) is 2.80.